The van der Waals surface area contributed by atoms with E-state index in [4.69, 9.17) is 9.15 Å². The van der Waals surface area contributed by atoms with Crippen LogP contribution in [-0.4, -0.2) is 73.6 Å². The normalized spacial score (nSPS) is 15.0. The molecule has 0 spiro atoms. The molecule has 0 bridgehead atoms. The lowest BCUT2D eigenvalue weighted by Crippen LogP contribution is -2.49. The minimum atomic E-state index is -0.620. The van der Waals surface area contributed by atoms with E-state index in [0.717, 1.165) is 36.3 Å². The average Bonchev–Trinajstić information content (AvgIpc) is 3.46. The highest BCUT2D eigenvalue weighted by Gasteiger charge is 2.25. The number of amides is 1. The summed E-state index contributed by atoms with van der Waals surface area (Å²) >= 11 is 0. The summed E-state index contributed by atoms with van der Waals surface area (Å²) < 4.78 is 11.9. The van der Waals surface area contributed by atoms with Crippen molar-refractivity contribution in [2.45, 2.75) is 39.8 Å². The van der Waals surface area contributed by atoms with Gasteiger partial charge in [-0.3, -0.25) is 4.90 Å². The molecule has 10 nitrogen and oxygen atoms in total. The smallest absolute Gasteiger partial charge is 0.359 e. The summed E-state index contributed by atoms with van der Waals surface area (Å²) in [5.41, 5.74) is 2.64. The topological polar surface area (TPSA) is 107 Å². The van der Waals surface area contributed by atoms with Gasteiger partial charge in [0.2, 0.25) is 12.3 Å². The fourth-order valence-electron chi connectivity index (χ4n) is 3.66. The van der Waals surface area contributed by atoms with Crippen molar-refractivity contribution in [3.8, 4) is 11.5 Å². The van der Waals surface area contributed by atoms with E-state index in [9.17, 15) is 9.59 Å². The monoisotopic (exact) mass is 452 g/mol. The lowest BCUT2D eigenvalue weighted by Gasteiger charge is -2.34. The zero-order valence-electron chi connectivity index (χ0n) is 19.3. The van der Waals surface area contributed by atoms with Gasteiger partial charge in [-0.25, -0.2) is 9.59 Å². The van der Waals surface area contributed by atoms with Crippen LogP contribution in [0.15, 0.2) is 41.3 Å². The Morgan fingerprint density at radius 2 is 1.88 bits per heavy atom. The molecule has 10 heteroatoms. The molecular weight excluding hydrogens is 424 g/mol. The molecule has 0 N–H and O–H groups in total. The SMILES string of the molecule is Cc1ccc(CN2CCN(C(=O)n3ccc(C(=O)OC(C)(C)C)n3)CC2)cc1-c1nnco1. The van der Waals surface area contributed by atoms with Crippen molar-refractivity contribution in [1.29, 1.82) is 0 Å². The first-order chi connectivity index (χ1) is 15.7. The summed E-state index contributed by atoms with van der Waals surface area (Å²) in [5.74, 6) is -0.0356. The summed E-state index contributed by atoms with van der Waals surface area (Å²) in [6.45, 7) is 10.7. The summed E-state index contributed by atoms with van der Waals surface area (Å²) in [6, 6.07) is 7.46. The molecule has 1 fully saturated rings. The van der Waals surface area contributed by atoms with Crippen LogP contribution in [-0.2, 0) is 11.3 Å². The van der Waals surface area contributed by atoms with Crippen LogP contribution in [0.5, 0.6) is 0 Å². The van der Waals surface area contributed by atoms with E-state index in [-0.39, 0.29) is 11.7 Å². The van der Waals surface area contributed by atoms with E-state index in [1.54, 1.807) is 25.7 Å². The predicted molar refractivity (Wildman–Crippen MR) is 120 cm³/mol. The molecule has 1 aromatic carbocycles. The van der Waals surface area contributed by atoms with E-state index in [1.807, 2.05) is 6.92 Å². The predicted octanol–water partition coefficient (Wildman–Crippen LogP) is 2.98. The molecular formula is C23H28N6O4. The number of hydrogen-bond acceptors (Lipinski definition) is 8. The highest BCUT2D eigenvalue weighted by Crippen LogP contribution is 2.23. The van der Waals surface area contributed by atoms with Crippen LogP contribution in [0.3, 0.4) is 0 Å². The lowest BCUT2D eigenvalue weighted by atomic mass is 10.0. The van der Waals surface area contributed by atoms with Gasteiger partial charge in [0, 0.05) is 44.5 Å². The van der Waals surface area contributed by atoms with Crippen LogP contribution >= 0.6 is 0 Å². The molecule has 3 heterocycles. The van der Waals surface area contributed by atoms with Gasteiger partial charge < -0.3 is 14.1 Å². The number of aromatic nitrogens is 4. The van der Waals surface area contributed by atoms with Crippen molar-refractivity contribution in [2.75, 3.05) is 26.2 Å². The number of benzene rings is 1. The second-order valence-electron chi connectivity index (χ2n) is 9.09. The van der Waals surface area contributed by atoms with Gasteiger partial charge in [-0.15, -0.1) is 10.2 Å². The molecule has 0 radical (unpaired) electrons. The van der Waals surface area contributed by atoms with Crippen molar-refractivity contribution in [3.05, 3.63) is 53.7 Å². The van der Waals surface area contributed by atoms with Gasteiger partial charge in [0.1, 0.15) is 5.60 Å². The second kappa shape index (κ2) is 9.14. The molecule has 1 amide bonds. The van der Waals surface area contributed by atoms with Crippen molar-refractivity contribution in [1.82, 2.24) is 29.8 Å². The Bertz CT molecular complexity index is 1120. The van der Waals surface area contributed by atoms with Crippen molar-refractivity contribution < 1.29 is 18.7 Å². The molecule has 0 saturated carbocycles. The van der Waals surface area contributed by atoms with Gasteiger partial charge >= 0.3 is 12.0 Å². The van der Waals surface area contributed by atoms with Crippen molar-refractivity contribution in [3.63, 3.8) is 0 Å². The van der Waals surface area contributed by atoms with Crippen LogP contribution in [0, 0.1) is 6.92 Å². The van der Waals surface area contributed by atoms with E-state index in [1.165, 1.54) is 23.3 Å². The van der Waals surface area contributed by atoms with Crippen molar-refractivity contribution >= 4 is 12.0 Å². The van der Waals surface area contributed by atoms with Gasteiger partial charge in [0.15, 0.2) is 5.69 Å². The van der Waals surface area contributed by atoms with Crippen LogP contribution in [0.1, 0.15) is 42.4 Å². The van der Waals surface area contributed by atoms with Crippen LogP contribution in [0.25, 0.3) is 11.5 Å². The summed E-state index contributed by atoms with van der Waals surface area (Å²) in [4.78, 5) is 29.0. The summed E-state index contributed by atoms with van der Waals surface area (Å²) in [6.07, 6.45) is 2.83. The van der Waals surface area contributed by atoms with Crippen molar-refractivity contribution in [2.24, 2.45) is 0 Å². The quantitative estimate of drug-likeness (QED) is 0.556. The first-order valence-corrected chi connectivity index (χ1v) is 10.9. The zero-order chi connectivity index (χ0) is 23.6. The Balaban J connectivity index is 1.34. The first-order valence-electron chi connectivity index (χ1n) is 10.9. The Morgan fingerprint density at radius 3 is 2.55 bits per heavy atom. The maximum Gasteiger partial charge on any atom is 0.359 e. The fraction of sp³-hybridized carbons (Fsp3) is 0.435. The average molecular weight is 453 g/mol. The Hall–Kier alpha value is -3.53. The molecule has 3 aromatic rings. The number of aryl methyl sites for hydroxylation is 1. The molecule has 2 aromatic heterocycles. The Morgan fingerprint density at radius 1 is 1.12 bits per heavy atom. The summed E-state index contributed by atoms with van der Waals surface area (Å²) in [7, 11) is 0. The Labute approximate surface area is 192 Å². The van der Waals surface area contributed by atoms with E-state index in [0.29, 0.717) is 19.0 Å². The Kier molecular flexibility index (Phi) is 6.28. The lowest BCUT2D eigenvalue weighted by molar-refractivity contribution is 0.00623. The van der Waals surface area contributed by atoms with Gasteiger partial charge in [-0.2, -0.15) is 9.78 Å². The summed E-state index contributed by atoms with van der Waals surface area (Å²) in [5, 5.41) is 11.9. The maximum atomic E-state index is 12.8. The number of nitrogens with zero attached hydrogens (tertiary/aromatic N) is 6. The minimum absolute atomic E-state index is 0.119. The third-order valence-corrected chi connectivity index (χ3v) is 5.33. The van der Waals surface area contributed by atoms with Gasteiger partial charge in [0.25, 0.3) is 0 Å². The number of hydrogen-bond donors (Lipinski definition) is 0. The first kappa shape index (κ1) is 22.7. The molecule has 4 rings (SSSR count). The number of esters is 1. The van der Waals surface area contributed by atoms with Gasteiger partial charge in [0.05, 0.1) is 0 Å². The van der Waals surface area contributed by atoms with Crippen LogP contribution < -0.4 is 0 Å². The molecule has 1 aliphatic rings. The molecule has 1 aliphatic heterocycles. The number of carbonyl (C=O) groups is 2. The van der Waals surface area contributed by atoms with E-state index >= 15 is 0 Å². The second-order valence-corrected chi connectivity index (χ2v) is 9.09. The van der Waals surface area contributed by atoms with Crippen LogP contribution in [0.2, 0.25) is 0 Å². The largest absolute Gasteiger partial charge is 0.455 e. The standard InChI is InChI=1S/C23H28N6O4/c1-16-5-6-17(13-18(16)20-25-24-15-32-20)14-27-9-11-28(12-10-27)22(31)29-8-7-19(26-29)21(30)33-23(2,3)4/h5-8,13,15H,9-12,14H2,1-4H3. The fourth-order valence-corrected chi connectivity index (χ4v) is 3.66. The number of piperazine rings is 1. The molecule has 0 aliphatic carbocycles. The maximum absolute atomic E-state index is 12.8. The minimum Gasteiger partial charge on any atom is -0.455 e. The zero-order valence-corrected chi connectivity index (χ0v) is 19.3. The van der Waals surface area contributed by atoms with E-state index in [2.05, 4.69) is 38.4 Å². The third kappa shape index (κ3) is 5.46. The third-order valence-electron chi connectivity index (χ3n) is 5.33. The van der Waals surface area contributed by atoms with Gasteiger partial charge in [-0.1, -0.05) is 12.1 Å². The molecule has 0 unspecified atom stereocenters. The molecule has 0 atom stereocenters. The molecule has 33 heavy (non-hydrogen) atoms. The molecule has 174 valence electrons. The molecule has 1 saturated heterocycles. The van der Waals surface area contributed by atoms with Gasteiger partial charge in [-0.05, 0) is 51.0 Å². The van der Waals surface area contributed by atoms with E-state index < -0.39 is 11.6 Å². The number of carbonyl (C=O) groups excluding carboxylic acids is 2. The number of rotatable bonds is 4. The highest BCUT2D eigenvalue weighted by atomic mass is 16.6. The number of ether oxygens (including phenoxy) is 1. The highest BCUT2D eigenvalue weighted by molar-refractivity contribution is 5.88. The van der Waals surface area contributed by atoms with Crippen LogP contribution in [0.4, 0.5) is 4.79 Å².